The van der Waals surface area contributed by atoms with Gasteiger partial charge in [0.2, 0.25) is 5.96 Å². The average molecular weight is 200 g/mol. The molecule has 1 aliphatic rings. The summed E-state index contributed by atoms with van der Waals surface area (Å²) in [5, 5.41) is 0. The molecule has 0 aromatic rings. The van der Waals surface area contributed by atoms with Gasteiger partial charge >= 0.3 is 6.03 Å². The number of hydrazine groups is 1. The second kappa shape index (κ2) is 4.66. The van der Waals surface area contributed by atoms with Crippen molar-refractivity contribution in [2.45, 2.75) is 18.9 Å². The molecular formula is C7H16N6O. The Morgan fingerprint density at radius 3 is 2.36 bits per heavy atom. The van der Waals surface area contributed by atoms with Gasteiger partial charge in [-0.05, 0) is 12.8 Å². The highest BCUT2D eigenvalue weighted by atomic mass is 16.2. The predicted molar refractivity (Wildman–Crippen MR) is 53.1 cm³/mol. The topological polar surface area (TPSA) is 123 Å². The molecule has 0 atom stereocenters. The van der Waals surface area contributed by atoms with Gasteiger partial charge in [0, 0.05) is 13.1 Å². The van der Waals surface area contributed by atoms with Crippen LogP contribution in [0.3, 0.4) is 0 Å². The molecule has 7 nitrogen and oxygen atoms in total. The van der Waals surface area contributed by atoms with Gasteiger partial charge in [-0.1, -0.05) is 0 Å². The van der Waals surface area contributed by atoms with E-state index in [2.05, 4.69) is 10.4 Å². The number of nitrogens with two attached hydrogens (primary N) is 3. The quantitative estimate of drug-likeness (QED) is 0.174. The molecule has 0 bridgehead atoms. The number of rotatable bonds is 1. The molecule has 0 radical (unpaired) electrons. The number of nitrogens with one attached hydrogen (secondary N) is 1. The van der Waals surface area contributed by atoms with E-state index in [1.807, 2.05) is 0 Å². The zero-order valence-corrected chi connectivity index (χ0v) is 7.94. The van der Waals surface area contributed by atoms with Crippen molar-refractivity contribution in [2.24, 2.45) is 22.3 Å². The van der Waals surface area contributed by atoms with E-state index < -0.39 is 0 Å². The molecular weight excluding hydrogens is 184 g/mol. The highest BCUT2D eigenvalue weighted by Gasteiger charge is 2.20. The normalized spacial score (nSPS) is 19.5. The van der Waals surface area contributed by atoms with Crippen molar-refractivity contribution in [1.82, 2.24) is 10.3 Å². The molecule has 1 fully saturated rings. The smallest absolute Gasteiger partial charge is 0.314 e. The molecule has 14 heavy (non-hydrogen) atoms. The summed E-state index contributed by atoms with van der Waals surface area (Å²) in [4.78, 5) is 16.5. The van der Waals surface area contributed by atoms with Gasteiger partial charge in [0.1, 0.15) is 0 Å². The van der Waals surface area contributed by atoms with E-state index >= 15 is 0 Å². The Morgan fingerprint density at radius 2 is 1.93 bits per heavy atom. The lowest BCUT2D eigenvalue weighted by Gasteiger charge is -2.28. The molecule has 0 aliphatic carbocycles. The van der Waals surface area contributed by atoms with E-state index in [4.69, 9.17) is 17.3 Å². The monoisotopic (exact) mass is 200 g/mol. The van der Waals surface area contributed by atoms with Gasteiger partial charge in [-0.3, -0.25) is 5.43 Å². The summed E-state index contributed by atoms with van der Waals surface area (Å²) in [5.74, 6) is 5.30. The molecule has 1 rings (SSSR count). The highest BCUT2D eigenvalue weighted by Crippen LogP contribution is 2.12. The van der Waals surface area contributed by atoms with Crippen LogP contribution in [0.15, 0.2) is 4.99 Å². The second-order valence-electron chi connectivity index (χ2n) is 3.22. The number of guanidine groups is 1. The molecule has 1 saturated heterocycles. The van der Waals surface area contributed by atoms with Crippen molar-refractivity contribution in [3.63, 3.8) is 0 Å². The van der Waals surface area contributed by atoms with E-state index in [1.54, 1.807) is 4.90 Å². The molecule has 1 aliphatic heterocycles. The van der Waals surface area contributed by atoms with Gasteiger partial charge in [0.05, 0.1) is 6.04 Å². The van der Waals surface area contributed by atoms with Crippen LogP contribution in [-0.4, -0.2) is 36.0 Å². The maximum absolute atomic E-state index is 10.8. The van der Waals surface area contributed by atoms with Crippen LogP contribution >= 0.6 is 0 Å². The third kappa shape index (κ3) is 2.77. The fraction of sp³-hybridized carbons (Fsp3) is 0.714. The Kier molecular flexibility index (Phi) is 3.52. The van der Waals surface area contributed by atoms with Crippen LogP contribution in [0.4, 0.5) is 4.79 Å². The van der Waals surface area contributed by atoms with Crippen molar-refractivity contribution in [1.29, 1.82) is 0 Å². The molecule has 80 valence electrons. The number of likely N-dealkylation sites (tertiary alicyclic amines) is 1. The van der Waals surface area contributed by atoms with Gasteiger partial charge in [0.25, 0.3) is 0 Å². The van der Waals surface area contributed by atoms with Crippen molar-refractivity contribution >= 4 is 12.0 Å². The summed E-state index contributed by atoms with van der Waals surface area (Å²) in [6.07, 6.45) is 1.54. The number of carbonyl (C=O) groups excluding carboxylic acids is 1. The number of urea groups is 1. The average Bonchev–Trinajstić information content (AvgIpc) is 2.18. The summed E-state index contributed by atoms with van der Waals surface area (Å²) in [5.41, 5.74) is 12.8. The molecule has 1 heterocycles. The molecule has 0 spiro atoms. The fourth-order valence-electron chi connectivity index (χ4n) is 1.45. The number of carbonyl (C=O) groups is 1. The van der Waals surface area contributed by atoms with Gasteiger partial charge in [-0.15, -0.1) is 0 Å². The molecule has 0 aromatic heterocycles. The van der Waals surface area contributed by atoms with Gasteiger partial charge < -0.3 is 16.4 Å². The molecule has 0 unspecified atom stereocenters. The third-order valence-corrected chi connectivity index (χ3v) is 2.25. The Labute approximate surface area is 82.3 Å². The van der Waals surface area contributed by atoms with E-state index in [0.717, 1.165) is 12.8 Å². The van der Waals surface area contributed by atoms with Crippen molar-refractivity contribution in [2.75, 3.05) is 13.1 Å². The standard InChI is InChI=1S/C7H16N6O/c8-6(12-10)11-5-1-3-13(4-2-5)7(9)14/h5H,1-4,10H2,(H2,9,14)(H3,8,11,12). The first-order chi connectivity index (χ1) is 6.63. The number of piperidine rings is 1. The van der Waals surface area contributed by atoms with E-state index in [0.29, 0.717) is 13.1 Å². The van der Waals surface area contributed by atoms with E-state index in [-0.39, 0.29) is 18.0 Å². The Bertz CT molecular complexity index is 232. The lowest BCUT2D eigenvalue weighted by molar-refractivity contribution is 0.191. The fourth-order valence-corrected chi connectivity index (χ4v) is 1.45. The summed E-state index contributed by atoms with van der Waals surface area (Å²) >= 11 is 0. The zero-order chi connectivity index (χ0) is 10.6. The van der Waals surface area contributed by atoms with Crippen molar-refractivity contribution in [3.8, 4) is 0 Å². The lowest BCUT2D eigenvalue weighted by Crippen LogP contribution is -2.44. The Morgan fingerprint density at radius 1 is 1.36 bits per heavy atom. The van der Waals surface area contributed by atoms with Crippen LogP contribution in [0.2, 0.25) is 0 Å². The van der Waals surface area contributed by atoms with Crippen LogP contribution in [0, 0.1) is 0 Å². The Balaban J connectivity index is 2.39. The minimum absolute atomic E-state index is 0.127. The molecule has 0 aromatic carbocycles. The van der Waals surface area contributed by atoms with Crippen molar-refractivity contribution < 1.29 is 4.79 Å². The molecule has 2 amide bonds. The third-order valence-electron chi connectivity index (χ3n) is 2.25. The minimum atomic E-state index is -0.377. The zero-order valence-electron chi connectivity index (χ0n) is 7.94. The molecule has 0 saturated carbocycles. The first-order valence-corrected chi connectivity index (χ1v) is 4.47. The summed E-state index contributed by atoms with van der Waals surface area (Å²) in [6.45, 7) is 1.25. The second-order valence-corrected chi connectivity index (χ2v) is 3.22. The number of hydrogen-bond acceptors (Lipinski definition) is 3. The van der Waals surface area contributed by atoms with Gasteiger partial charge in [-0.2, -0.15) is 0 Å². The van der Waals surface area contributed by atoms with Crippen LogP contribution in [0.5, 0.6) is 0 Å². The highest BCUT2D eigenvalue weighted by molar-refractivity contribution is 5.77. The van der Waals surface area contributed by atoms with Gasteiger partial charge in [0.15, 0.2) is 0 Å². The van der Waals surface area contributed by atoms with Crippen LogP contribution in [0.25, 0.3) is 0 Å². The summed E-state index contributed by atoms with van der Waals surface area (Å²) in [7, 11) is 0. The largest absolute Gasteiger partial charge is 0.369 e. The predicted octanol–water partition coefficient (Wildman–Crippen LogP) is -1.69. The summed E-state index contributed by atoms with van der Waals surface area (Å²) < 4.78 is 0. The maximum atomic E-state index is 10.8. The van der Waals surface area contributed by atoms with E-state index in [1.165, 1.54) is 0 Å². The molecule has 7 heteroatoms. The number of nitrogens with zero attached hydrogens (tertiary/aromatic N) is 2. The number of amides is 2. The SMILES string of the molecule is NNC(N)=NC1CCN(C(N)=O)CC1. The number of hydrogen-bond donors (Lipinski definition) is 4. The van der Waals surface area contributed by atoms with Crippen LogP contribution in [0.1, 0.15) is 12.8 Å². The van der Waals surface area contributed by atoms with Crippen LogP contribution in [-0.2, 0) is 0 Å². The van der Waals surface area contributed by atoms with E-state index in [9.17, 15) is 4.79 Å². The lowest BCUT2D eigenvalue weighted by atomic mass is 10.1. The molecule has 7 N–H and O–H groups in total. The minimum Gasteiger partial charge on any atom is -0.369 e. The number of aliphatic imine (C=N–C) groups is 1. The van der Waals surface area contributed by atoms with Crippen LogP contribution < -0.4 is 22.7 Å². The summed E-state index contributed by atoms with van der Waals surface area (Å²) in [6, 6.07) is -0.251. The first-order valence-electron chi connectivity index (χ1n) is 4.47. The Hall–Kier alpha value is -1.50. The maximum Gasteiger partial charge on any atom is 0.314 e. The van der Waals surface area contributed by atoms with Gasteiger partial charge in [-0.25, -0.2) is 15.6 Å². The first kappa shape index (κ1) is 10.6. The number of primary amides is 1. The van der Waals surface area contributed by atoms with Crippen molar-refractivity contribution in [3.05, 3.63) is 0 Å².